The van der Waals surface area contributed by atoms with E-state index in [1.165, 1.54) is 9.13 Å². The van der Waals surface area contributed by atoms with Crippen molar-refractivity contribution in [3.8, 4) is 11.5 Å². The molecule has 1 aromatic carbocycles. The molecule has 0 saturated heterocycles. The summed E-state index contributed by atoms with van der Waals surface area (Å²) in [6.45, 7) is 6.01. The molecule has 0 aromatic heterocycles. The van der Waals surface area contributed by atoms with E-state index in [4.69, 9.17) is 9.47 Å². The summed E-state index contributed by atoms with van der Waals surface area (Å²) in [6, 6.07) is 4.08. The van der Waals surface area contributed by atoms with Crippen molar-refractivity contribution in [2.24, 2.45) is 5.41 Å². The summed E-state index contributed by atoms with van der Waals surface area (Å²) in [4.78, 5) is 11.5. The highest BCUT2D eigenvalue weighted by Gasteiger charge is 2.23. The molecule has 104 valence electrons. The van der Waals surface area contributed by atoms with E-state index in [2.05, 4.69) is 28.7 Å². The SMILES string of the molecule is CC(=O)C(C)(C)CCCc1cc2c(cc1I)OCO2. The molecule has 4 heteroatoms. The third kappa shape index (κ3) is 3.41. The molecule has 1 aliphatic rings. The lowest BCUT2D eigenvalue weighted by Crippen LogP contribution is -2.21. The molecule has 0 bridgehead atoms. The summed E-state index contributed by atoms with van der Waals surface area (Å²) in [5.74, 6) is 1.92. The second-order valence-corrected chi connectivity index (χ2v) is 6.75. The van der Waals surface area contributed by atoms with Crippen LogP contribution < -0.4 is 9.47 Å². The normalized spacial score (nSPS) is 13.7. The fourth-order valence-electron chi connectivity index (χ4n) is 2.05. The average Bonchev–Trinajstić information content (AvgIpc) is 2.75. The highest BCUT2D eigenvalue weighted by molar-refractivity contribution is 14.1. The van der Waals surface area contributed by atoms with Crippen LogP contribution in [0.25, 0.3) is 0 Å². The van der Waals surface area contributed by atoms with Gasteiger partial charge in [0.15, 0.2) is 11.5 Å². The van der Waals surface area contributed by atoms with Crippen molar-refractivity contribution in [1.29, 1.82) is 0 Å². The molecule has 0 fully saturated rings. The number of halogens is 1. The predicted molar refractivity (Wildman–Crippen MR) is 82.7 cm³/mol. The monoisotopic (exact) mass is 374 g/mol. The maximum atomic E-state index is 11.5. The number of benzene rings is 1. The van der Waals surface area contributed by atoms with Crippen molar-refractivity contribution >= 4 is 28.4 Å². The summed E-state index contributed by atoms with van der Waals surface area (Å²) < 4.78 is 11.9. The molecular formula is C15H19IO3. The van der Waals surface area contributed by atoms with E-state index in [1.807, 2.05) is 19.9 Å². The molecule has 19 heavy (non-hydrogen) atoms. The minimum Gasteiger partial charge on any atom is -0.454 e. The highest BCUT2D eigenvalue weighted by Crippen LogP contribution is 2.36. The van der Waals surface area contributed by atoms with E-state index >= 15 is 0 Å². The first-order chi connectivity index (χ1) is 8.90. The topological polar surface area (TPSA) is 35.5 Å². The Bertz CT molecular complexity index is 494. The van der Waals surface area contributed by atoms with Crippen LogP contribution >= 0.6 is 22.6 Å². The number of rotatable bonds is 5. The quantitative estimate of drug-likeness (QED) is 0.732. The number of hydrogen-bond donors (Lipinski definition) is 0. The van der Waals surface area contributed by atoms with Gasteiger partial charge in [0.2, 0.25) is 6.79 Å². The second kappa shape index (κ2) is 5.69. The van der Waals surface area contributed by atoms with Gasteiger partial charge in [0.1, 0.15) is 5.78 Å². The Hall–Kier alpha value is -0.780. The lowest BCUT2D eigenvalue weighted by molar-refractivity contribution is -0.125. The van der Waals surface area contributed by atoms with E-state index in [0.717, 1.165) is 30.8 Å². The Morgan fingerprint density at radius 1 is 1.32 bits per heavy atom. The summed E-state index contributed by atoms with van der Waals surface area (Å²) in [7, 11) is 0. The summed E-state index contributed by atoms with van der Waals surface area (Å²) >= 11 is 2.33. The first-order valence-corrected chi connectivity index (χ1v) is 7.57. The Morgan fingerprint density at radius 3 is 2.58 bits per heavy atom. The van der Waals surface area contributed by atoms with Crippen LogP contribution in [0.1, 0.15) is 39.2 Å². The van der Waals surface area contributed by atoms with Crippen molar-refractivity contribution in [2.45, 2.75) is 40.0 Å². The van der Waals surface area contributed by atoms with Gasteiger partial charge in [-0.1, -0.05) is 13.8 Å². The zero-order valence-electron chi connectivity index (χ0n) is 11.6. The van der Waals surface area contributed by atoms with Gasteiger partial charge in [0.05, 0.1) is 0 Å². The van der Waals surface area contributed by atoms with Crippen molar-refractivity contribution in [3.63, 3.8) is 0 Å². The molecule has 1 aliphatic heterocycles. The van der Waals surface area contributed by atoms with Gasteiger partial charge in [-0.05, 0) is 66.5 Å². The molecule has 3 nitrogen and oxygen atoms in total. The van der Waals surface area contributed by atoms with Crippen LogP contribution in [-0.2, 0) is 11.2 Å². The number of hydrogen-bond acceptors (Lipinski definition) is 3. The first-order valence-electron chi connectivity index (χ1n) is 6.49. The highest BCUT2D eigenvalue weighted by atomic mass is 127. The van der Waals surface area contributed by atoms with Crippen LogP contribution in [0.3, 0.4) is 0 Å². The van der Waals surface area contributed by atoms with Crippen LogP contribution in [0.15, 0.2) is 12.1 Å². The second-order valence-electron chi connectivity index (χ2n) is 5.59. The number of ketones is 1. The number of carbonyl (C=O) groups is 1. The van der Waals surface area contributed by atoms with Crippen LogP contribution in [0, 0.1) is 8.99 Å². The van der Waals surface area contributed by atoms with Gasteiger partial charge in [-0.2, -0.15) is 0 Å². The van der Waals surface area contributed by atoms with Gasteiger partial charge in [-0.25, -0.2) is 0 Å². The fraction of sp³-hybridized carbons (Fsp3) is 0.533. The summed E-state index contributed by atoms with van der Waals surface area (Å²) in [5, 5.41) is 0. The Balaban J connectivity index is 1.99. The molecule has 0 aliphatic carbocycles. The average molecular weight is 374 g/mol. The van der Waals surface area contributed by atoms with E-state index in [1.54, 1.807) is 6.92 Å². The van der Waals surface area contributed by atoms with Crippen LogP contribution in [0.5, 0.6) is 11.5 Å². The van der Waals surface area contributed by atoms with Gasteiger partial charge < -0.3 is 9.47 Å². The zero-order chi connectivity index (χ0) is 14.0. The van der Waals surface area contributed by atoms with E-state index in [9.17, 15) is 4.79 Å². The van der Waals surface area contributed by atoms with E-state index in [-0.39, 0.29) is 11.2 Å². The Kier molecular flexibility index (Phi) is 4.38. The summed E-state index contributed by atoms with van der Waals surface area (Å²) in [6.07, 6.45) is 2.88. The smallest absolute Gasteiger partial charge is 0.231 e. The molecule has 0 radical (unpaired) electrons. The predicted octanol–water partition coefficient (Wildman–Crippen LogP) is 3.96. The minimum atomic E-state index is -0.220. The number of fused-ring (bicyclic) bond motifs is 1. The van der Waals surface area contributed by atoms with Crippen molar-refractivity contribution in [3.05, 3.63) is 21.3 Å². The third-order valence-corrected chi connectivity index (χ3v) is 4.75. The summed E-state index contributed by atoms with van der Waals surface area (Å²) in [5.41, 5.74) is 1.05. The molecule has 2 rings (SSSR count). The molecule has 1 aromatic rings. The number of carbonyl (C=O) groups excluding carboxylic acids is 1. The molecule has 0 spiro atoms. The van der Waals surface area contributed by atoms with Gasteiger partial charge in [0.25, 0.3) is 0 Å². The maximum absolute atomic E-state index is 11.5. The fourth-order valence-corrected chi connectivity index (χ4v) is 2.76. The molecule has 0 saturated carbocycles. The van der Waals surface area contributed by atoms with Crippen molar-refractivity contribution in [2.75, 3.05) is 6.79 Å². The number of Topliss-reactive ketones (excluding diaryl/α,β-unsaturated/α-hetero) is 1. The molecular weight excluding hydrogens is 355 g/mol. The first kappa shape index (κ1) is 14.6. The van der Waals surface area contributed by atoms with Crippen LogP contribution in [-0.4, -0.2) is 12.6 Å². The Labute approximate surface area is 127 Å². The molecule has 0 atom stereocenters. The molecule has 0 amide bonds. The van der Waals surface area contributed by atoms with Gasteiger partial charge in [0, 0.05) is 8.99 Å². The molecule has 0 unspecified atom stereocenters. The van der Waals surface area contributed by atoms with E-state index < -0.39 is 0 Å². The lowest BCUT2D eigenvalue weighted by Gasteiger charge is -2.20. The van der Waals surface area contributed by atoms with Gasteiger partial charge >= 0.3 is 0 Å². The van der Waals surface area contributed by atoms with Gasteiger partial charge in [-0.3, -0.25) is 4.79 Å². The molecule has 0 N–H and O–H groups in total. The minimum absolute atomic E-state index is 0.220. The van der Waals surface area contributed by atoms with Crippen molar-refractivity contribution < 1.29 is 14.3 Å². The van der Waals surface area contributed by atoms with E-state index in [0.29, 0.717) is 6.79 Å². The van der Waals surface area contributed by atoms with Crippen LogP contribution in [0.4, 0.5) is 0 Å². The third-order valence-electron chi connectivity index (χ3n) is 3.74. The van der Waals surface area contributed by atoms with Crippen molar-refractivity contribution in [1.82, 2.24) is 0 Å². The lowest BCUT2D eigenvalue weighted by atomic mass is 9.83. The van der Waals surface area contributed by atoms with Gasteiger partial charge in [-0.15, -0.1) is 0 Å². The largest absolute Gasteiger partial charge is 0.454 e. The zero-order valence-corrected chi connectivity index (χ0v) is 13.7. The number of aryl methyl sites for hydroxylation is 1. The Morgan fingerprint density at radius 2 is 1.95 bits per heavy atom. The standard InChI is InChI=1S/C15H19IO3/c1-10(17)15(2,3)6-4-5-11-7-13-14(8-12(11)16)19-9-18-13/h7-8H,4-6,9H2,1-3H3. The molecule has 1 heterocycles. The number of ether oxygens (including phenoxy) is 2. The van der Waals surface area contributed by atoms with Crippen LogP contribution in [0.2, 0.25) is 0 Å². The maximum Gasteiger partial charge on any atom is 0.231 e.